The van der Waals surface area contributed by atoms with Gasteiger partial charge in [0.25, 0.3) is 0 Å². The minimum absolute atomic E-state index is 0.258. The molecule has 3 aromatic rings. The summed E-state index contributed by atoms with van der Waals surface area (Å²) in [7, 11) is 0. The smallest absolute Gasteiger partial charge is 0.307 e. The molecular weight excluding hydrogens is 363 g/mol. The van der Waals surface area contributed by atoms with Gasteiger partial charge in [0.05, 0.1) is 0 Å². The number of amides is 2. The number of halogens is 1. The summed E-state index contributed by atoms with van der Waals surface area (Å²) in [5, 5.41) is 2.82. The first-order chi connectivity index (χ1) is 14.1. The number of carbonyl (C=O) groups is 1. The Labute approximate surface area is 172 Å². The molecule has 0 heterocycles. The molecule has 0 radical (unpaired) electrons. The first kappa shape index (κ1) is 20.6. The maximum absolute atomic E-state index is 13.5. The molecule has 150 valence electrons. The van der Waals surface area contributed by atoms with Gasteiger partial charge in [0.1, 0.15) is 5.82 Å². The van der Waals surface area contributed by atoms with Crippen LogP contribution in [0.4, 0.5) is 20.6 Å². The molecular formula is C25H27FN2O. The van der Waals surface area contributed by atoms with Crippen LogP contribution in [-0.2, 0) is 0 Å². The Morgan fingerprint density at radius 2 is 1.66 bits per heavy atom. The molecule has 0 fully saturated rings. The van der Waals surface area contributed by atoms with Crippen LogP contribution in [0.1, 0.15) is 26.7 Å². The molecule has 3 rings (SSSR count). The summed E-state index contributed by atoms with van der Waals surface area (Å²) in [6, 6.07) is 23.8. The molecule has 1 N–H and O–H groups in total. The average Bonchev–Trinajstić information content (AvgIpc) is 2.75. The lowest BCUT2D eigenvalue weighted by Gasteiger charge is -2.25. The normalized spacial score (nSPS) is 11.7. The van der Waals surface area contributed by atoms with E-state index in [2.05, 4.69) is 31.3 Å². The Hall–Kier alpha value is -3.14. The Bertz CT molecular complexity index is 925. The average molecular weight is 391 g/mol. The summed E-state index contributed by atoms with van der Waals surface area (Å²) in [5.41, 5.74) is 3.50. The van der Waals surface area contributed by atoms with Gasteiger partial charge in [-0.05, 0) is 53.8 Å². The first-order valence-electron chi connectivity index (χ1n) is 10.1. The van der Waals surface area contributed by atoms with Gasteiger partial charge in [0.2, 0.25) is 0 Å². The predicted molar refractivity (Wildman–Crippen MR) is 119 cm³/mol. The van der Waals surface area contributed by atoms with Crippen molar-refractivity contribution in [3.05, 3.63) is 84.7 Å². The van der Waals surface area contributed by atoms with Crippen LogP contribution in [0.3, 0.4) is 0 Å². The third-order valence-corrected chi connectivity index (χ3v) is 5.15. The third kappa shape index (κ3) is 5.67. The van der Waals surface area contributed by atoms with Crippen LogP contribution in [-0.4, -0.2) is 12.6 Å². The van der Waals surface area contributed by atoms with Crippen LogP contribution in [0.15, 0.2) is 78.9 Å². The number of nitrogens with zero attached hydrogens (tertiary/aromatic N) is 1. The Morgan fingerprint density at radius 3 is 2.31 bits per heavy atom. The van der Waals surface area contributed by atoms with Gasteiger partial charge >= 0.3 is 6.03 Å². The molecule has 0 aliphatic rings. The number of rotatable bonds is 7. The van der Waals surface area contributed by atoms with Gasteiger partial charge in [-0.3, -0.25) is 4.90 Å². The van der Waals surface area contributed by atoms with E-state index in [4.69, 9.17) is 0 Å². The molecule has 3 nitrogen and oxygen atoms in total. The molecule has 0 saturated heterocycles. The summed E-state index contributed by atoms with van der Waals surface area (Å²) in [6.45, 7) is 4.93. The van der Waals surface area contributed by atoms with Crippen LogP contribution in [0.5, 0.6) is 0 Å². The summed E-state index contributed by atoms with van der Waals surface area (Å²) in [4.78, 5) is 14.7. The lowest BCUT2D eigenvalue weighted by atomic mass is 10.0. The standard InChI is InChI=1S/C25H27FN2O/c1-3-19(2)16-17-28(25(29)27-23-11-7-10-22(26)18-23)24-14-12-21(13-15-24)20-8-5-4-6-9-20/h4-15,18-19H,3,16-17H2,1-2H3,(H,27,29). The van der Waals surface area contributed by atoms with Crippen LogP contribution in [0, 0.1) is 11.7 Å². The minimum atomic E-state index is -0.374. The molecule has 1 unspecified atom stereocenters. The number of nitrogens with one attached hydrogen (secondary N) is 1. The number of carbonyl (C=O) groups excluding carboxylic acids is 1. The van der Waals surface area contributed by atoms with Crippen LogP contribution >= 0.6 is 0 Å². The molecule has 3 aromatic carbocycles. The van der Waals surface area contributed by atoms with Crippen molar-refractivity contribution < 1.29 is 9.18 Å². The van der Waals surface area contributed by atoms with E-state index in [0.29, 0.717) is 18.2 Å². The highest BCUT2D eigenvalue weighted by atomic mass is 19.1. The maximum Gasteiger partial charge on any atom is 0.326 e. The highest BCUT2D eigenvalue weighted by Gasteiger charge is 2.17. The van der Waals surface area contributed by atoms with E-state index in [-0.39, 0.29) is 11.8 Å². The third-order valence-electron chi connectivity index (χ3n) is 5.15. The minimum Gasteiger partial charge on any atom is -0.307 e. The molecule has 2 amide bonds. The van der Waals surface area contributed by atoms with E-state index in [0.717, 1.165) is 29.7 Å². The Kier molecular flexibility index (Phi) is 7.01. The molecule has 0 saturated carbocycles. The van der Waals surface area contributed by atoms with Crippen LogP contribution in [0.2, 0.25) is 0 Å². The van der Waals surface area contributed by atoms with E-state index in [1.807, 2.05) is 42.5 Å². The van der Waals surface area contributed by atoms with Gasteiger partial charge in [-0.15, -0.1) is 0 Å². The fourth-order valence-electron chi connectivity index (χ4n) is 3.12. The van der Waals surface area contributed by atoms with Crippen molar-refractivity contribution in [2.24, 2.45) is 5.92 Å². The molecule has 1 atom stereocenters. The van der Waals surface area contributed by atoms with Gasteiger partial charge < -0.3 is 5.32 Å². The summed E-state index contributed by atoms with van der Waals surface area (Å²) in [5.74, 6) is 0.143. The molecule has 4 heteroatoms. The van der Waals surface area contributed by atoms with Crippen molar-refractivity contribution in [1.82, 2.24) is 0 Å². The monoisotopic (exact) mass is 390 g/mol. The topological polar surface area (TPSA) is 32.3 Å². The lowest BCUT2D eigenvalue weighted by Crippen LogP contribution is -2.36. The molecule has 0 aromatic heterocycles. The van der Waals surface area contributed by atoms with Crippen molar-refractivity contribution in [1.29, 1.82) is 0 Å². The molecule has 0 aliphatic carbocycles. The molecule has 29 heavy (non-hydrogen) atoms. The van der Waals surface area contributed by atoms with Gasteiger partial charge in [0, 0.05) is 17.9 Å². The van der Waals surface area contributed by atoms with Gasteiger partial charge in [-0.2, -0.15) is 0 Å². The number of hydrogen-bond acceptors (Lipinski definition) is 1. The maximum atomic E-state index is 13.5. The summed E-state index contributed by atoms with van der Waals surface area (Å²) in [6.07, 6.45) is 1.96. The van der Waals surface area contributed by atoms with Gasteiger partial charge in [0.15, 0.2) is 0 Å². The first-order valence-corrected chi connectivity index (χ1v) is 10.1. The zero-order chi connectivity index (χ0) is 20.6. The summed E-state index contributed by atoms with van der Waals surface area (Å²) >= 11 is 0. The fourth-order valence-corrected chi connectivity index (χ4v) is 3.12. The lowest BCUT2D eigenvalue weighted by molar-refractivity contribution is 0.256. The predicted octanol–water partition coefficient (Wildman–Crippen LogP) is 6.97. The SMILES string of the molecule is CCC(C)CCN(C(=O)Nc1cccc(F)c1)c1ccc(-c2ccccc2)cc1. The van der Waals surface area contributed by atoms with Gasteiger partial charge in [-0.25, -0.2) is 9.18 Å². The van der Waals surface area contributed by atoms with Crippen molar-refractivity contribution in [2.45, 2.75) is 26.7 Å². The second-order valence-electron chi connectivity index (χ2n) is 7.31. The largest absolute Gasteiger partial charge is 0.326 e. The van der Waals surface area contributed by atoms with E-state index in [9.17, 15) is 9.18 Å². The van der Waals surface area contributed by atoms with Crippen molar-refractivity contribution in [2.75, 3.05) is 16.8 Å². The molecule has 0 bridgehead atoms. The molecule has 0 aliphatic heterocycles. The Balaban J connectivity index is 1.81. The quantitative estimate of drug-likeness (QED) is 0.464. The fraction of sp³-hybridized carbons (Fsp3) is 0.240. The zero-order valence-corrected chi connectivity index (χ0v) is 16.9. The van der Waals surface area contributed by atoms with Crippen molar-refractivity contribution in [3.63, 3.8) is 0 Å². The summed E-state index contributed by atoms with van der Waals surface area (Å²) < 4.78 is 13.5. The highest BCUT2D eigenvalue weighted by Crippen LogP contribution is 2.24. The molecule has 0 spiro atoms. The number of anilines is 2. The van der Waals surface area contributed by atoms with Gasteiger partial charge in [-0.1, -0.05) is 68.8 Å². The number of benzene rings is 3. The highest BCUT2D eigenvalue weighted by molar-refractivity contribution is 6.01. The van der Waals surface area contributed by atoms with E-state index in [1.165, 1.54) is 12.1 Å². The second-order valence-corrected chi connectivity index (χ2v) is 7.31. The van der Waals surface area contributed by atoms with E-state index in [1.54, 1.807) is 17.0 Å². The van der Waals surface area contributed by atoms with E-state index >= 15 is 0 Å². The van der Waals surface area contributed by atoms with E-state index < -0.39 is 0 Å². The van der Waals surface area contributed by atoms with Crippen LogP contribution in [0.25, 0.3) is 11.1 Å². The Morgan fingerprint density at radius 1 is 0.966 bits per heavy atom. The van der Waals surface area contributed by atoms with Crippen molar-refractivity contribution >= 4 is 17.4 Å². The second kappa shape index (κ2) is 9.87. The van der Waals surface area contributed by atoms with Crippen LogP contribution < -0.4 is 10.2 Å². The number of hydrogen-bond donors (Lipinski definition) is 1. The number of urea groups is 1. The van der Waals surface area contributed by atoms with Crippen molar-refractivity contribution in [3.8, 4) is 11.1 Å². The zero-order valence-electron chi connectivity index (χ0n) is 16.9.